The third-order valence-electron chi connectivity index (χ3n) is 2.39. The molecule has 0 aromatic rings. The molecular formula is C9H14FNO4. The second-order valence-corrected chi connectivity index (χ2v) is 3.47. The van der Waals surface area contributed by atoms with Crippen LogP contribution in [-0.2, 0) is 14.3 Å². The standard InChI is InChI=1S/C9H14FNO4/c1-2-15-5-7(12)11-4-3-9(10,6-11)8(13)14/h2-6H2,1H3,(H,13,14). The van der Waals surface area contributed by atoms with Crippen molar-refractivity contribution in [2.45, 2.75) is 19.0 Å². The number of amides is 1. The van der Waals surface area contributed by atoms with Gasteiger partial charge in [-0.05, 0) is 6.92 Å². The molecular weight excluding hydrogens is 205 g/mol. The van der Waals surface area contributed by atoms with E-state index in [1.807, 2.05) is 0 Å². The van der Waals surface area contributed by atoms with Crippen molar-refractivity contribution in [2.24, 2.45) is 0 Å². The molecule has 1 aliphatic heterocycles. The Morgan fingerprint density at radius 3 is 2.73 bits per heavy atom. The molecule has 0 spiro atoms. The van der Waals surface area contributed by atoms with Crippen LogP contribution in [-0.4, -0.2) is 53.9 Å². The molecule has 0 radical (unpaired) electrons. The number of alkyl halides is 1. The van der Waals surface area contributed by atoms with Crippen LogP contribution in [0.15, 0.2) is 0 Å². The molecule has 5 nitrogen and oxygen atoms in total. The highest BCUT2D eigenvalue weighted by molar-refractivity contribution is 5.82. The van der Waals surface area contributed by atoms with Gasteiger partial charge in [-0.3, -0.25) is 4.79 Å². The van der Waals surface area contributed by atoms with E-state index >= 15 is 0 Å². The van der Waals surface area contributed by atoms with Gasteiger partial charge >= 0.3 is 5.97 Å². The summed E-state index contributed by atoms with van der Waals surface area (Å²) < 4.78 is 18.4. The Balaban J connectivity index is 2.49. The number of hydrogen-bond donors (Lipinski definition) is 1. The maximum Gasteiger partial charge on any atom is 0.343 e. The molecule has 1 fully saturated rings. The summed E-state index contributed by atoms with van der Waals surface area (Å²) in [5.41, 5.74) is -2.29. The number of halogens is 1. The van der Waals surface area contributed by atoms with Crippen molar-refractivity contribution < 1.29 is 23.8 Å². The Morgan fingerprint density at radius 2 is 2.27 bits per heavy atom. The minimum Gasteiger partial charge on any atom is -0.479 e. The van der Waals surface area contributed by atoms with Crippen molar-refractivity contribution in [3.8, 4) is 0 Å². The predicted molar refractivity (Wildman–Crippen MR) is 49.2 cm³/mol. The molecule has 0 aromatic carbocycles. The zero-order valence-electron chi connectivity index (χ0n) is 8.53. The first kappa shape index (κ1) is 11.9. The van der Waals surface area contributed by atoms with Crippen LogP contribution in [0.3, 0.4) is 0 Å². The number of carbonyl (C=O) groups is 2. The van der Waals surface area contributed by atoms with E-state index in [-0.39, 0.29) is 32.0 Å². The Labute approximate surface area is 86.8 Å². The molecule has 0 saturated carbocycles. The van der Waals surface area contributed by atoms with Crippen molar-refractivity contribution in [1.82, 2.24) is 4.90 Å². The molecule has 0 bridgehead atoms. The summed E-state index contributed by atoms with van der Waals surface area (Å²) in [5, 5.41) is 8.60. The third kappa shape index (κ3) is 2.65. The van der Waals surface area contributed by atoms with E-state index in [2.05, 4.69) is 0 Å². The van der Waals surface area contributed by atoms with Crippen LogP contribution < -0.4 is 0 Å². The molecule has 15 heavy (non-hydrogen) atoms. The van der Waals surface area contributed by atoms with Gasteiger partial charge in [-0.25, -0.2) is 9.18 Å². The largest absolute Gasteiger partial charge is 0.479 e. The summed E-state index contributed by atoms with van der Waals surface area (Å²) in [7, 11) is 0. The van der Waals surface area contributed by atoms with Gasteiger partial charge in [0.25, 0.3) is 0 Å². The monoisotopic (exact) mass is 219 g/mol. The second kappa shape index (κ2) is 4.57. The summed E-state index contributed by atoms with van der Waals surface area (Å²) in [5.74, 6) is -1.87. The van der Waals surface area contributed by atoms with Gasteiger partial charge in [0.15, 0.2) is 0 Å². The Morgan fingerprint density at radius 1 is 1.60 bits per heavy atom. The highest BCUT2D eigenvalue weighted by Crippen LogP contribution is 2.25. The smallest absolute Gasteiger partial charge is 0.343 e. The van der Waals surface area contributed by atoms with Crippen LogP contribution in [0.1, 0.15) is 13.3 Å². The van der Waals surface area contributed by atoms with Crippen molar-refractivity contribution in [1.29, 1.82) is 0 Å². The van der Waals surface area contributed by atoms with Crippen molar-refractivity contribution in [3.63, 3.8) is 0 Å². The van der Waals surface area contributed by atoms with E-state index in [9.17, 15) is 14.0 Å². The van der Waals surface area contributed by atoms with Gasteiger partial charge in [-0.15, -0.1) is 0 Å². The maximum atomic E-state index is 13.5. The van der Waals surface area contributed by atoms with Gasteiger partial charge in [0, 0.05) is 19.6 Å². The molecule has 86 valence electrons. The average molecular weight is 219 g/mol. The second-order valence-electron chi connectivity index (χ2n) is 3.47. The third-order valence-corrected chi connectivity index (χ3v) is 2.39. The van der Waals surface area contributed by atoms with Crippen molar-refractivity contribution in [3.05, 3.63) is 0 Å². The molecule has 6 heteroatoms. The zero-order valence-corrected chi connectivity index (χ0v) is 8.53. The first-order valence-electron chi connectivity index (χ1n) is 4.77. The number of nitrogens with zero attached hydrogens (tertiary/aromatic N) is 1. The van der Waals surface area contributed by atoms with Crippen LogP contribution in [0, 0.1) is 0 Å². The summed E-state index contributed by atoms with van der Waals surface area (Å²) in [6.45, 7) is 1.78. The lowest BCUT2D eigenvalue weighted by atomic mass is 10.1. The van der Waals surface area contributed by atoms with Crippen LogP contribution >= 0.6 is 0 Å². The van der Waals surface area contributed by atoms with Crippen LogP contribution in [0.2, 0.25) is 0 Å². The average Bonchev–Trinajstić information content (AvgIpc) is 2.59. The Hall–Kier alpha value is -1.17. The van der Waals surface area contributed by atoms with Gasteiger partial charge in [-0.1, -0.05) is 0 Å². The summed E-state index contributed by atoms with van der Waals surface area (Å²) in [6, 6.07) is 0. The molecule has 1 amide bonds. The SMILES string of the molecule is CCOCC(=O)N1CCC(F)(C(=O)O)C1. The topological polar surface area (TPSA) is 66.8 Å². The van der Waals surface area contributed by atoms with E-state index in [1.54, 1.807) is 6.92 Å². The Kier molecular flexibility index (Phi) is 3.62. The van der Waals surface area contributed by atoms with E-state index in [1.165, 1.54) is 4.90 Å². The number of carbonyl (C=O) groups excluding carboxylic acids is 1. The zero-order chi connectivity index (χ0) is 11.5. The minimum absolute atomic E-state index is 0.119. The molecule has 1 rings (SSSR count). The fraction of sp³-hybridized carbons (Fsp3) is 0.778. The lowest BCUT2D eigenvalue weighted by Gasteiger charge is -2.17. The highest BCUT2D eigenvalue weighted by atomic mass is 19.1. The first-order chi connectivity index (χ1) is 6.99. The highest BCUT2D eigenvalue weighted by Gasteiger charge is 2.46. The van der Waals surface area contributed by atoms with Gasteiger partial charge in [-0.2, -0.15) is 0 Å². The van der Waals surface area contributed by atoms with Crippen LogP contribution in [0.25, 0.3) is 0 Å². The number of carboxylic acids is 1. The predicted octanol–water partition coefficient (Wildman–Crippen LogP) is 0.0481. The molecule has 1 heterocycles. The van der Waals surface area contributed by atoms with Gasteiger partial charge < -0.3 is 14.7 Å². The number of carboxylic acid groups (broad SMARTS) is 1. The number of likely N-dealkylation sites (tertiary alicyclic amines) is 1. The molecule has 1 saturated heterocycles. The van der Waals surface area contributed by atoms with Gasteiger partial charge in [0.2, 0.25) is 11.6 Å². The molecule has 0 aromatic heterocycles. The Bertz CT molecular complexity index is 271. The quantitative estimate of drug-likeness (QED) is 0.725. The van der Waals surface area contributed by atoms with E-state index < -0.39 is 11.6 Å². The number of hydrogen-bond acceptors (Lipinski definition) is 3. The lowest BCUT2D eigenvalue weighted by Crippen LogP contribution is -2.40. The van der Waals surface area contributed by atoms with E-state index in [0.29, 0.717) is 6.61 Å². The summed E-state index contributed by atoms with van der Waals surface area (Å²) in [4.78, 5) is 23.1. The molecule has 1 unspecified atom stereocenters. The molecule has 1 N–H and O–H groups in total. The molecule has 1 aliphatic rings. The molecule has 0 aliphatic carbocycles. The van der Waals surface area contributed by atoms with Crippen molar-refractivity contribution in [2.75, 3.05) is 26.3 Å². The van der Waals surface area contributed by atoms with E-state index in [4.69, 9.17) is 9.84 Å². The summed E-state index contributed by atoms with van der Waals surface area (Å²) in [6.07, 6.45) is -0.153. The van der Waals surface area contributed by atoms with Crippen molar-refractivity contribution >= 4 is 11.9 Å². The normalized spacial score (nSPS) is 25.6. The van der Waals surface area contributed by atoms with E-state index in [0.717, 1.165) is 0 Å². The number of aliphatic carboxylic acids is 1. The van der Waals surface area contributed by atoms with Crippen LogP contribution in [0.4, 0.5) is 4.39 Å². The lowest BCUT2D eigenvalue weighted by molar-refractivity contribution is -0.150. The number of rotatable bonds is 4. The van der Waals surface area contributed by atoms with Crippen LogP contribution in [0.5, 0.6) is 0 Å². The molecule has 1 atom stereocenters. The van der Waals surface area contributed by atoms with Gasteiger partial charge in [0.1, 0.15) is 6.61 Å². The number of ether oxygens (including phenoxy) is 1. The summed E-state index contributed by atoms with van der Waals surface area (Å²) >= 11 is 0. The minimum atomic E-state index is -2.29. The fourth-order valence-electron chi connectivity index (χ4n) is 1.44. The first-order valence-corrected chi connectivity index (χ1v) is 4.77. The fourth-order valence-corrected chi connectivity index (χ4v) is 1.44. The maximum absolute atomic E-state index is 13.5. The van der Waals surface area contributed by atoms with Gasteiger partial charge in [0.05, 0.1) is 6.54 Å².